The summed E-state index contributed by atoms with van der Waals surface area (Å²) in [7, 11) is 0. The Morgan fingerprint density at radius 1 is 1.64 bits per heavy atom. The van der Waals surface area contributed by atoms with Crippen molar-refractivity contribution < 1.29 is 9.53 Å². The first-order valence-electron chi connectivity index (χ1n) is 4.84. The Kier molecular flexibility index (Phi) is 4.60. The van der Waals surface area contributed by atoms with Gasteiger partial charge in [0.2, 0.25) is 0 Å². The van der Waals surface area contributed by atoms with Crippen LogP contribution in [0, 0.1) is 17.2 Å². The lowest BCUT2D eigenvalue weighted by molar-refractivity contribution is -0.00637. The van der Waals surface area contributed by atoms with Crippen LogP contribution in [0.5, 0.6) is 0 Å². The largest absolute Gasteiger partial charge is 0.443 e. The van der Waals surface area contributed by atoms with E-state index in [-0.39, 0.29) is 11.8 Å². The number of hydrogen-bond acceptors (Lipinski definition) is 3. The highest BCUT2D eigenvalue weighted by Crippen LogP contribution is 2.28. The van der Waals surface area contributed by atoms with Crippen LogP contribution in [0.3, 0.4) is 0 Å². The molecule has 0 fully saturated rings. The van der Waals surface area contributed by atoms with Crippen LogP contribution in [-0.2, 0) is 4.74 Å². The van der Waals surface area contributed by atoms with E-state index in [0.29, 0.717) is 0 Å². The summed E-state index contributed by atoms with van der Waals surface area (Å²) in [6.07, 6.45) is 1.49. The molecule has 0 saturated heterocycles. The molecule has 0 radical (unpaired) electrons. The van der Waals surface area contributed by atoms with Crippen molar-refractivity contribution in [3.8, 4) is 0 Å². The summed E-state index contributed by atoms with van der Waals surface area (Å²) in [5.74, 6) is 0.196. The molecule has 0 heterocycles. The molecule has 2 atom stereocenters. The van der Waals surface area contributed by atoms with E-state index < -0.39 is 11.7 Å². The van der Waals surface area contributed by atoms with Crippen molar-refractivity contribution in [1.82, 2.24) is 0 Å². The van der Waals surface area contributed by atoms with Crippen molar-refractivity contribution in [2.75, 3.05) is 0 Å². The van der Waals surface area contributed by atoms with E-state index in [2.05, 4.69) is 0 Å². The second-order valence-electron chi connectivity index (χ2n) is 4.05. The maximum absolute atomic E-state index is 10.7. The van der Waals surface area contributed by atoms with Gasteiger partial charge >= 0.3 is 6.09 Å². The van der Waals surface area contributed by atoms with Gasteiger partial charge in [-0.25, -0.2) is 4.79 Å². The third-order valence-electron chi connectivity index (χ3n) is 2.79. The predicted molar refractivity (Wildman–Crippen MR) is 56.5 cm³/mol. The number of primary amides is 1. The van der Waals surface area contributed by atoms with Crippen molar-refractivity contribution >= 4 is 12.3 Å². The summed E-state index contributed by atoms with van der Waals surface area (Å²) in [5.41, 5.74) is 4.36. The molecule has 0 bridgehead atoms. The van der Waals surface area contributed by atoms with E-state index in [1.54, 1.807) is 0 Å². The molecule has 0 aromatic rings. The van der Waals surface area contributed by atoms with Gasteiger partial charge in [0, 0.05) is 5.92 Å². The summed E-state index contributed by atoms with van der Waals surface area (Å²) in [6, 6.07) is 0. The molecule has 4 nitrogen and oxygen atoms in total. The Hall–Kier alpha value is -1.06. The van der Waals surface area contributed by atoms with Crippen LogP contribution < -0.4 is 5.73 Å². The van der Waals surface area contributed by atoms with Gasteiger partial charge in [0.15, 0.2) is 0 Å². The molecule has 1 amide bonds. The third kappa shape index (κ3) is 3.36. The number of nitrogens with one attached hydrogen (secondary N) is 1. The molecular weight excluding hydrogens is 180 g/mol. The molecule has 0 aliphatic rings. The van der Waals surface area contributed by atoms with Crippen molar-refractivity contribution in [1.29, 1.82) is 5.41 Å². The number of carbonyl (C=O) groups excluding carboxylic acids is 1. The quantitative estimate of drug-likeness (QED) is 0.667. The highest BCUT2D eigenvalue weighted by Gasteiger charge is 2.33. The van der Waals surface area contributed by atoms with Crippen LogP contribution in [0.2, 0.25) is 0 Å². The zero-order valence-corrected chi connectivity index (χ0v) is 9.33. The third-order valence-corrected chi connectivity index (χ3v) is 2.79. The number of hydrogen-bond donors (Lipinski definition) is 2. The van der Waals surface area contributed by atoms with Gasteiger partial charge in [-0.3, -0.25) is 0 Å². The highest BCUT2D eigenvalue weighted by molar-refractivity contribution is 5.65. The average molecular weight is 200 g/mol. The fourth-order valence-corrected chi connectivity index (χ4v) is 1.48. The van der Waals surface area contributed by atoms with E-state index in [0.717, 1.165) is 6.42 Å². The minimum absolute atomic E-state index is 0.0810. The first-order valence-corrected chi connectivity index (χ1v) is 4.84. The number of ether oxygens (including phenoxy) is 1. The van der Waals surface area contributed by atoms with Gasteiger partial charge < -0.3 is 15.9 Å². The zero-order valence-electron chi connectivity index (χ0n) is 9.33. The van der Waals surface area contributed by atoms with E-state index >= 15 is 0 Å². The summed E-state index contributed by atoms with van der Waals surface area (Å²) in [6.45, 7) is 7.60. The SMILES string of the molecule is CC[C@@H](C=N)C(C)C(C)(C)OC(N)=O. The first-order chi connectivity index (χ1) is 6.35. The molecule has 0 aromatic carbocycles. The van der Waals surface area contributed by atoms with Gasteiger partial charge in [-0.05, 0) is 32.4 Å². The smallest absolute Gasteiger partial charge is 0.405 e. The lowest BCUT2D eigenvalue weighted by Gasteiger charge is -2.34. The van der Waals surface area contributed by atoms with Crippen LogP contribution in [-0.4, -0.2) is 17.9 Å². The molecule has 0 aliphatic heterocycles. The van der Waals surface area contributed by atoms with Crippen LogP contribution >= 0.6 is 0 Å². The number of nitrogens with two attached hydrogens (primary N) is 1. The molecule has 0 spiro atoms. The molecule has 82 valence electrons. The molecule has 4 heteroatoms. The van der Waals surface area contributed by atoms with Crippen LogP contribution in [0.25, 0.3) is 0 Å². The fourth-order valence-electron chi connectivity index (χ4n) is 1.48. The van der Waals surface area contributed by atoms with E-state index in [1.165, 1.54) is 6.21 Å². The number of amides is 1. The number of carbonyl (C=O) groups is 1. The summed E-state index contributed by atoms with van der Waals surface area (Å²) >= 11 is 0. The van der Waals surface area contributed by atoms with Gasteiger partial charge in [0.1, 0.15) is 5.60 Å². The van der Waals surface area contributed by atoms with Crippen LogP contribution in [0.15, 0.2) is 0 Å². The topological polar surface area (TPSA) is 76.2 Å². The van der Waals surface area contributed by atoms with Crippen LogP contribution in [0.1, 0.15) is 34.1 Å². The van der Waals surface area contributed by atoms with Crippen molar-refractivity contribution in [2.24, 2.45) is 17.6 Å². The Balaban J connectivity index is 4.53. The maximum atomic E-state index is 10.7. The minimum Gasteiger partial charge on any atom is -0.443 e. The second-order valence-corrected chi connectivity index (χ2v) is 4.05. The molecular formula is C10H20N2O2. The summed E-state index contributed by atoms with van der Waals surface area (Å²) in [4.78, 5) is 10.7. The Morgan fingerprint density at radius 3 is 2.43 bits per heavy atom. The zero-order chi connectivity index (χ0) is 11.4. The van der Waals surface area contributed by atoms with Crippen LogP contribution in [0.4, 0.5) is 4.79 Å². The minimum atomic E-state index is -0.762. The second kappa shape index (κ2) is 4.98. The molecule has 0 aliphatic carbocycles. The van der Waals surface area contributed by atoms with E-state index in [9.17, 15) is 4.79 Å². The molecule has 3 N–H and O–H groups in total. The molecule has 1 unspecified atom stereocenters. The Labute approximate surface area is 85.3 Å². The van der Waals surface area contributed by atoms with E-state index in [4.69, 9.17) is 15.9 Å². The molecule has 14 heavy (non-hydrogen) atoms. The molecule has 0 aromatic heterocycles. The van der Waals surface area contributed by atoms with Gasteiger partial charge in [0.05, 0.1) is 0 Å². The monoisotopic (exact) mass is 200 g/mol. The average Bonchev–Trinajstić information content (AvgIpc) is 2.04. The first kappa shape index (κ1) is 12.9. The molecule has 0 saturated carbocycles. The lowest BCUT2D eigenvalue weighted by Crippen LogP contribution is -2.40. The Morgan fingerprint density at radius 2 is 2.14 bits per heavy atom. The normalized spacial score (nSPS) is 15.7. The van der Waals surface area contributed by atoms with Gasteiger partial charge in [-0.2, -0.15) is 0 Å². The van der Waals surface area contributed by atoms with Crippen molar-refractivity contribution in [2.45, 2.75) is 39.7 Å². The van der Waals surface area contributed by atoms with Gasteiger partial charge in [-0.15, -0.1) is 0 Å². The fraction of sp³-hybridized carbons (Fsp3) is 0.800. The highest BCUT2D eigenvalue weighted by atomic mass is 16.6. The van der Waals surface area contributed by atoms with Gasteiger partial charge in [0.25, 0.3) is 0 Å². The summed E-state index contributed by atoms with van der Waals surface area (Å²) < 4.78 is 5.02. The Bertz CT molecular complexity index is 214. The van der Waals surface area contributed by atoms with E-state index in [1.807, 2.05) is 27.7 Å². The van der Waals surface area contributed by atoms with Crippen molar-refractivity contribution in [3.05, 3.63) is 0 Å². The van der Waals surface area contributed by atoms with Crippen molar-refractivity contribution in [3.63, 3.8) is 0 Å². The lowest BCUT2D eigenvalue weighted by atomic mass is 9.81. The standard InChI is InChI=1S/C10H20N2O2/c1-5-8(6-11)7(2)10(3,4)14-9(12)13/h6-8,11H,5H2,1-4H3,(H2,12,13)/t7?,8-/m0/s1. The number of rotatable bonds is 5. The maximum Gasteiger partial charge on any atom is 0.405 e. The predicted octanol–water partition coefficient (Wildman–Crippen LogP) is 2.17. The summed E-state index contributed by atoms with van der Waals surface area (Å²) in [5, 5.41) is 7.26. The molecule has 0 rings (SSSR count). The van der Waals surface area contributed by atoms with Gasteiger partial charge in [-0.1, -0.05) is 13.8 Å².